The zero-order valence-corrected chi connectivity index (χ0v) is 11.4. The van der Waals surface area contributed by atoms with Gasteiger partial charge in [0, 0.05) is 4.88 Å². The van der Waals surface area contributed by atoms with Gasteiger partial charge in [-0.3, -0.25) is 0 Å². The quantitative estimate of drug-likeness (QED) is 0.376. The second kappa shape index (κ2) is 6.70. The maximum absolute atomic E-state index is 5.30. The van der Waals surface area contributed by atoms with Crippen molar-refractivity contribution < 1.29 is 0 Å². The van der Waals surface area contributed by atoms with Gasteiger partial charge in [0.2, 0.25) is 0 Å². The van der Waals surface area contributed by atoms with Gasteiger partial charge in [-0.25, -0.2) is 0 Å². The Bertz CT molecular complexity index is 309. The van der Waals surface area contributed by atoms with Gasteiger partial charge in [-0.15, -0.1) is 0 Å². The Morgan fingerprint density at radius 3 is 2.50 bits per heavy atom. The Morgan fingerprint density at radius 1 is 1.07 bits per heavy atom. The molecule has 1 rings (SSSR count). The fourth-order valence-electron chi connectivity index (χ4n) is 1.55. The van der Waals surface area contributed by atoms with Crippen molar-refractivity contribution in [3.63, 3.8) is 0 Å². The topological polar surface area (TPSA) is 0 Å². The van der Waals surface area contributed by atoms with Crippen LogP contribution in [-0.2, 0) is 12.8 Å². The molecule has 0 atom stereocenters. The van der Waals surface area contributed by atoms with E-state index in [1.807, 2.05) is 10.3 Å². The lowest BCUT2D eigenvalue weighted by molar-refractivity contribution is 0.668. The molecule has 0 nitrogen and oxygen atoms in total. The highest BCUT2D eigenvalue weighted by Gasteiger charge is 2.05. The van der Waals surface area contributed by atoms with Crippen molar-refractivity contribution in [2.75, 3.05) is 0 Å². The first-order chi connectivity index (χ1) is 6.79. The Kier molecular flexibility index (Phi) is 5.90. The SMILES string of the molecule is CCCCCCc1ssc(=S)c1CC. The van der Waals surface area contributed by atoms with E-state index in [2.05, 4.69) is 13.8 Å². The summed E-state index contributed by atoms with van der Waals surface area (Å²) in [6.45, 7) is 4.46. The van der Waals surface area contributed by atoms with Crippen LogP contribution in [0.4, 0.5) is 0 Å². The normalized spacial score (nSPS) is 10.7. The summed E-state index contributed by atoms with van der Waals surface area (Å²) < 4.78 is 1.13. The summed E-state index contributed by atoms with van der Waals surface area (Å²) in [6.07, 6.45) is 7.76. The van der Waals surface area contributed by atoms with E-state index in [1.54, 1.807) is 15.2 Å². The molecule has 1 aromatic rings. The van der Waals surface area contributed by atoms with Gasteiger partial charge in [-0.05, 0) is 24.8 Å². The van der Waals surface area contributed by atoms with Crippen LogP contribution in [0.1, 0.15) is 50.0 Å². The molecule has 3 heteroatoms. The zero-order valence-electron chi connectivity index (χ0n) is 8.97. The number of hydrogen-bond acceptors (Lipinski definition) is 3. The largest absolute Gasteiger partial charge is 0.105 e. The maximum atomic E-state index is 5.30. The molecule has 0 spiro atoms. The van der Waals surface area contributed by atoms with Crippen LogP contribution >= 0.6 is 32.9 Å². The molecule has 0 aliphatic carbocycles. The van der Waals surface area contributed by atoms with E-state index in [9.17, 15) is 0 Å². The van der Waals surface area contributed by atoms with Crippen molar-refractivity contribution in [1.82, 2.24) is 0 Å². The van der Waals surface area contributed by atoms with E-state index in [0.717, 1.165) is 10.2 Å². The highest BCUT2D eigenvalue weighted by Crippen LogP contribution is 2.27. The number of rotatable bonds is 6. The molecule has 0 aliphatic heterocycles. The van der Waals surface area contributed by atoms with Crippen LogP contribution in [0.3, 0.4) is 0 Å². The molecule has 0 radical (unpaired) electrons. The third kappa shape index (κ3) is 3.44. The summed E-state index contributed by atoms with van der Waals surface area (Å²) in [5.74, 6) is 0. The molecule has 0 aliphatic rings. The second-order valence-corrected chi connectivity index (χ2v) is 6.42. The number of aryl methyl sites for hydroxylation is 1. The molecule has 0 amide bonds. The average molecular weight is 246 g/mol. The van der Waals surface area contributed by atoms with Gasteiger partial charge in [0.05, 0.1) is 0 Å². The molecule has 80 valence electrons. The lowest BCUT2D eigenvalue weighted by Gasteiger charge is -2.00. The lowest BCUT2D eigenvalue weighted by atomic mass is 10.1. The molecule has 0 fully saturated rings. The summed E-state index contributed by atoms with van der Waals surface area (Å²) in [5, 5.41) is 0. The van der Waals surface area contributed by atoms with Crippen LogP contribution < -0.4 is 0 Å². The van der Waals surface area contributed by atoms with E-state index in [4.69, 9.17) is 12.2 Å². The summed E-state index contributed by atoms with van der Waals surface area (Å²) in [7, 11) is 3.67. The van der Waals surface area contributed by atoms with Crippen molar-refractivity contribution in [2.24, 2.45) is 0 Å². The Morgan fingerprint density at radius 2 is 1.86 bits per heavy atom. The van der Waals surface area contributed by atoms with Gasteiger partial charge in [0.1, 0.15) is 3.82 Å². The Balaban J connectivity index is 2.46. The smallest absolute Gasteiger partial charge is 0.0834 e. The molecule has 0 saturated carbocycles. The van der Waals surface area contributed by atoms with Gasteiger partial charge in [0.15, 0.2) is 0 Å². The van der Waals surface area contributed by atoms with Gasteiger partial charge in [0.25, 0.3) is 0 Å². The van der Waals surface area contributed by atoms with Crippen LogP contribution in [0.5, 0.6) is 0 Å². The first-order valence-corrected chi connectivity index (χ1v) is 7.96. The molecule has 0 saturated heterocycles. The van der Waals surface area contributed by atoms with Crippen molar-refractivity contribution >= 4 is 32.9 Å². The monoisotopic (exact) mass is 246 g/mol. The molecule has 14 heavy (non-hydrogen) atoms. The summed E-state index contributed by atoms with van der Waals surface area (Å²) >= 11 is 5.30. The summed E-state index contributed by atoms with van der Waals surface area (Å²) in [4.78, 5) is 1.55. The predicted octanol–water partition coefficient (Wildman–Crippen LogP) is 5.22. The van der Waals surface area contributed by atoms with Crippen LogP contribution in [0.15, 0.2) is 0 Å². The summed E-state index contributed by atoms with van der Waals surface area (Å²) in [5.41, 5.74) is 1.45. The first-order valence-electron chi connectivity index (χ1n) is 5.40. The second-order valence-electron chi connectivity index (χ2n) is 3.52. The minimum Gasteiger partial charge on any atom is -0.0834 e. The van der Waals surface area contributed by atoms with Crippen LogP contribution in [-0.4, -0.2) is 0 Å². The summed E-state index contributed by atoms with van der Waals surface area (Å²) in [6, 6.07) is 0. The highest BCUT2D eigenvalue weighted by atomic mass is 32.9. The predicted molar refractivity (Wildman–Crippen MR) is 70.3 cm³/mol. The number of unbranched alkanes of at least 4 members (excludes halogenated alkanes) is 3. The fraction of sp³-hybridized carbons (Fsp3) is 0.727. The molecular formula is C11H18S3. The highest BCUT2D eigenvalue weighted by molar-refractivity contribution is 7.79. The van der Waals surface area contributed by atoms with Crippen molar-refractivity contribution in [3.8, 4) is 0 Å². The van der Waals surface area contributed by atoms with E-state index in [-0.39, 0.29) is 0 Å². The minimum absolute atomic E-state index is 1.11. The third-order valence-corrected chi connectivity index (χ3v) is 5.71. The van der Waals surface area contributed by atoms with Crippen LogP contribution in [0, 0.1) is 3.82 Å². The molecule has 1 heterocycles. The Labute approximate surface area is 99.4 Å². The molecule has 0 aromatic carbocycles. The average Bonchev–Trinajstić information content (AvgIpc) is 2.54. The van der Waals surface area contributed by atoms with Crippen molar-refractivity contribution in [2.45, 2.75) is 52.4 Å². The van der Waals surface area contributed by atoms with Crippen LogP contribution in [0.2, 0.25) is 0 Å². The van der Waals surface area contributed by atoms with Gasteiger partial charge in [-0.2, -0.15) is 0 Å². The van der Waals surface area contributed by atoms with E-state index in [1.165, 1.54) is 37.7 Å². The molecular weight excluding hydrogens is 228 g/mol. The van der Waals surface area contributed by atoms with Crippen molar-refractivity contribution in [1.29, 1.82) is 0 Å². The molecule has 0 N–H and O–H groups in total. The molecule has 0 unspecified atom stereocenters. The standard InChI is InChI=1S/C11H18S3/c1-3-5-6-7-8-10-9(4-2)11(12)14-13-10/h3-8H2,1-2H3. The molecule has 1 aromatic heterocycles. The molecule has 0 bridgehead atoms. The number of hydrogen-bond donors (Lipinski definition) is 0. The minimum atomic E-state index is 1.11. The van der Waals surface area contributed by atoms with Gasteiger partial charge < -0.3 is 0 Å². The van der Waals surface area contributed by atoms with Gasteiger partial charge >= 0.3 is 0 Å². The van der Waals surface area contributed by atoms with Gasteiger partial charge in [-0.1, -0.05) is 66.0 Å². The lowest BCUT2D eigenvalue weighted by Crippen LogP contribution is -1.87. The van der Waals surface area contributed by atoms with Crippen molar-refractivity contribution in [3.05, 3.63) is 14.3 Å². The van der Waals surface area contributed by atoms with E-state index < -0.39 is 0 Å². The van der Waals surface area contributed by atoms with E-state index in [0.29, 0.717) is 0 Å². The first kappa shape index (κ1) is 12.3. The fourth-order valence-corrected chi connectivity index (χ4v) is 4.75. The maximum Gasteiger partial charge on any atom is 0.105 e. The van der Waals surface area contributed by atoms with Crippen LogP contribution in [0.25, 0.3) is 0 Å². The third-order valence-electron chi connectivity index (χ3n) is 2.41. The van der Waals surface area contributed by atoms with E-state index >= 15 is 0 Å². The zero-order chi connectivity index (χ0) is 10.4. The Hall–Kier alpha value is 0.270.